The van der Waals surface area contributed by atoms with E-state index in [0.29, 0.717) is 19.4 Å². The summed E-state index contributed by atoms with van der Waals surface area (Å²) in [7, 11) is -9.34. The minimum Gasteiger partial charge on any atom is -0.744 e. The smallest absolute Gasteiger partial charge is 0.226 e. The van der Waals surface area contributed by atoms with Crippen molar-refractivity contribution in [2.75, 3.05) is 29.9 Å². The lowest BCUT2D eigenvalue weighted by atomic mass is 9.82. The Labute approximate surface area is 336 Å². The third-order valence-electron chi connectivity index (χ3n) is 10.5. The van der Waals surface area contributed by atoms with Crippen molar-refractivity contribution in [3.8, 4) is 0 Å². The van der Waals surface area contributed by atoms with Gasteiger partial charge in [0.1, 0.15) is 15.9 Å². The number of sulfone groups is 1. The van der Waals surface area contributed by atoms with Crippen molar-refractivity contribution in [3.05, 3.63) is 76.9 Å². The molecule has 2 amide bonds. The lowest BCUT2D eigenvalue weighted by Gasteiger charge is -2.28. The summed E-state index contributed by atoms with van der Waals surface area (Å²) in [5.74, 6) is -5.25. The van der Waals surface area contributed by atoms with Gasteiger partial charge < -0.3 is 31.6 Å². The molecule has 2 aliphatic rings. The molecule has 4 atom stereocenters. The maximum absolute atomic E-state index is 13.7. The van der Waals surface area contributed by atoms with E-state index in [9.17, 15) is 50.2 Å². The van der Waals surface area contributed by atoms with Gasteiger partial charge in [0.2, 0.25) is 11.8 Å². The number of rotatable bonds is 16. The summed E-state index contributed by atoms with van der Waals surface area (Å²) in [6.07, 6.45) is 0.767. The lowest BCUT2D eigenvalue weighted by molar-refractivity contribution is -0.142. The Morgan fingerprint density at radius 1 is 0.897 bits per heavy atom. The molecule has 0 aromatic heterocycles. The van der Waals surface area contributed by atoms with Gasteiger partial charge in [0.25, 0.3) is 0 Å². The first-order valence-electron chi connectivity index (χ1n) is 18.7. The van der Waals surface area contributed by atoms with Crippen molar-refractivity contribution in [1.82, 2.24) is 10.2 Å². The van der Waals surface area contributed by atoms with Gasteiger partial charge >= 0.3 is 0 Å². The molecule has 5 rings (SSSR count). The zero-order chi connectivity index (χ0) is 42.9. The molecule has 0 spiro atoms. The third-order valence-corrected chi connectivity index (χ3v) is 13.1. The van der Waals surface area contributed by atoms with E-state index in [2.05, 4.69) is 10.6 Å². The van der Waals surface area contributed by atoms with Crippen molar-refractivity contribution < 1.29 is 50.2 Å². The van der Waals surface area contributed by atoms with Crippen LogP contribution in [0.25, 0.3) is 0 Å². The summed E-state index contributed by atoms with van der Waals surface area (Å²) >= 11 is 0. The summed E-state index contributed by atoms with van der Waals surface area (Å²) < 4.78 is 63.6. The zero-order valence-electron chi connectivity index (χ0n) is 32.4. The number of likely N-dealkylation sites (tertiary alicyclic amines) is 1. The van der Waals surface area contributed by atoms with Crippen LogP contribution in [0.3, 0.4) is 0 Å². The molecule has 3 aromatic rings. The van der Waals surface area contributed by atoms with Crippen LogP contribution in [0, 0.1) is 17.8 Å². The molecular formula is C40H46N5O11S2-. The Morgan fingerprint density at radius 3 is 2.14 bits per heavy atom. The van der Waals surface area contributed by atoms with E-state index in [1.165, 1.54) is 53.4 Å². The van der Waals surface area contributed by atoms with Gasteiger partial charge in [0.05, 0.1) is 50.1 Å². The molecule has 1 aliphatic carbocycles. The lowest BCUT2D eigenvalue weighted by Crippen LogP contribution is -2.45. The van der Waals surface area contributed by atoms with Crippen LogP contribution in [0.2, 0.25) is 0 Å². The van der Waals surface area contributed by atoms with Crippen LogP contribution in [0.1, 0.15) is 85.2 Å². The molecule has 0 saturated carbocycles. The third kappa shape index (κ3) is 9.20. The monoisotopic (exact) mass is 836 g/mol. The first-order valence-corrected chi connectivity index (χ1v) is 21.8. The van der Waals surface area contributed by atoms with E-state index in [4.69, 9.17) is 11.5 Å². The van der Waals surface area contributed by atoms with Crippen molar-refractivity contribution >= 4 is 72.0 Å². The van der Waals surface area contributed by atoms with Crippen LogP contribution in [-0.2, 0) is 39.1 Å². The molecule has 1 heterocycles. The molecule has 0 bridgehead atoms. The van der Waals surface area contributed by atoms with Crippen LogP contribution in [0.15, 0.2) is 64.4 Å². The fourth-order valence-corrected chi connectivity index (χ4v) is 9.12. The number of nitrogens with zero attached hydrogens (tertiary/aromatic N) is 1. The highest BCUT2D eigenvalue weighted by atomic mass is 32.2. The quantitative estimate of drug-likeness (QED) is 0.0934. The molecule has 0 radical (unpaired) electrons. The normalized spacial score (nSPS) is 16.9. The number of hydrogen-bond acceptors (Lipinski definition) is 14. The highest BCUT2D eigenvalue weighted by Crippen LogP contribution is 2.40. The Hall–Kier alpha value is -5.30. The fraction of sp³-hybridized carbons (Fsp3) is 0.400. The number of fused-ring (bicyclic) bond motifs is 2. The zero-order valence-corrected chi connectivity index (χ0v) is 34.1. The number of carbonyl (C=O) groups excluding carboxylic acids is 6. The number of Topliss-reactive ketones (excluding diaryl/α,β-unsaturated/α-hetero) is 2. The highest BCUT2D eigenvalue weighted by Gasteiger charge is 2.39. The molecule has 4 unspecified atom stereocenters. The van der Waals surface area contributed by atoms with Gasteiger partial charge in [-0.05, 0) is 49.9 Å². The SMILES string of the molecule is CC(N)C(=O)CC(C)C(=O)N1CCCC1C(=O)CC(C(=O)NCCS(=O)(=O)c1cccc(Nc2cc(S(=O)(=O)[O-])c(N)c3c2C(=O)c2ccccc2C3=O)c1)C(C)C. The van der Waals surface area contributed by atoms with Crippen molar-refractivity contribution in [3.63, 3.8) is 0 Å². The number of carbonyl (C=O) groups is 6. The van der Waals surface area contributed by atoms with Crippen molar-refractivity contribution in [2.45, 2.75) is 75.3 Å². The Morgan fingerprint density at radius 2 is 1.53 bits per heavy atom. The van der Waals surface area contributed by atoms with Crippen LogP contribution < -0.4 is 22.1 Å². The van der Waals surface area contributed by atoms with E-state index < -0.39 is 83.2 Å². The van der Waals surface area contributed by atoms with Gasteiger partial charge in [0, 0.05) is 54.6 Å². The minimum absolute atomic E-state index is 0.0235. The molecule has 6 N–H and O–H groups in total. The number of hydrogen-bond donors (Lipinski definition) is 4. The molecule has 16 nitrogen and oxygen atoms in total. The van der Waals surface area contributed by atoms with E-state index >= 15 is 0 Å². The molecule has 18 heteroatoms. The van der Waals surface area contributed by atoms with Gasteiger partial charge in [-0.25, -0.2) is 16.8 Å². The largest absolute Gasteiger partial charge is 0.744 e. The van der Waals surface area contributed by atoms with Crippen LogP contribution in [-0.4, -0.2) is 92.2 Å². The van der Waals surface area contributed by atoms with Crippen molar-refractivity contribution in [2.24, 2.45) is 23.5 Å². The van der Waals surface area contributed by atoms with Crippen LogP contribution in [0.4, 0.5) is 17.1 Å². The number of benzene rings is 3. The topological polar surface area (TPSA) is 273 Å². The van der Waals surface area contributed by atoms with Gasteiger partial charge in [-0.15, -0.1) is 0 Å². The number of nitrogen functional groups attached to an aromatic ring is 1. The number of nitrogens with one attached hydrogen (secondary N) is 2. The second-order valence-electron chi connectivity index (χ2n) is 15.1. The predicted molar refractivity (Wildman–Crippen MR) is 212 cm³/mol. The van der Waals surface area contributed by atoms with E-state index in [-0.39, 0.29) is 75.7 Å². The maximum atomic E-state index is 13.7. The molecule has 3 aromatic carbocycles. The first kappa shape index (κ1) is 43.8. The molecular weight excluding hydrogens is 791 g/mol. The molecule has 1 saturated heterocycles. The first-order chi connectivity index (χ1) is 27.1. The standard InChI is InChI=1S/C40H47N5O11S2/c1-21(2)28(19-32(47)30-13-8-15-45(30)40(51)22(3)17-31(46)23(4)41)39(50)43-14-16-57(52,53)25-10-7-9-24(18-25)44-29-20-33(58(54,55)56)36(42)35-34(29)37(48)26-11-5-6-12-27(26)38(35)49/h5-7,9-12,18,20-23,28,30,44H,8,13-17,19,41-42H2,1-4H3,(H,43,50)(H,54,55,56)/p-1. The molecule has 1 fully saturated rings. The summed E-state index contributed by atoms with van der Waals surface area (Å²) in [6, 6.07) is 10.5. The van der Waals surface area contributed by atoms with E-state index in [1.807, 2.05) is 0 Å². The van der Waals surface area contributed by atoms with Gasteiger partial charge in [-0.3, -0.25) is 28.8 Å². The van der Waals surface area contributed by atoms with Crippen LogP contribution in [0.5, 0.6) is 0 Å². The molecule has 58 heavy (non-hydrogen) atoms. The molecule has 1 aliphatic heterocycles. The Kier molecular flexibility index (Phi) is 13.1. The van der Waals surface area contributed by atoms with Gasteiger partial charge in [-0.2, -0.15) is 0 Å². The van der Waals surface area contributed by atoms with Crippen LogP contribution >= 0.6 is 0 Å². The summed E-state index contributed by atoms with van der Waals surface area (Å²) in [6.45, 7) is 6.69. The number of amides is 2. The number of nitrogens with two attached hydrogens (primary N) is 2. The van der Waals surface area contributed by atoms with Gasteiger partial charge in [-0.1, -0.05) is 51.1 Å². The average Bonchev–Trinajstić information content (AvgIpc) is 3.66. The second-order valence-corrected chi connectivity index (χ2v) is 18.5. The van der Waals surface area contributed by atoms with Crippen molar-refractivity contribution in [1.29, 1.82) is 0 Å². The highest BCUT2D eigenvalue weighted by molar-refractivity contribution is 7.91. The van der Waals surface area contributed by atoms with E-state index in [0.717, 1.165) is 6.07 Å². The Balaban J connectivity index is 1.28. The van der Waals surface area contributed by atoms with Gasteiger partial charge in [0.15, 0.2) is 27.2 Å². The predicted octanol–water partition coefficient (Wildman–Crippen LogP) is 2.75. The summed E-state index contributed by atoms with van der Waals surface area (Å²) in [5, 5.41) is 5.41. The maximum Gasteiger partial charge on any atom is 0.226 e. The fourth-order valence-electron chi connectivity index (χ4n) is 7.29. The number of ketones is 4. The number of anilines is 3. The van der Waals surface area contributed by atoms with E-state index in [1.54, 1.807) is 27.7 Å². The second kappa shape index (κ2) is 17.3. The average molecular weight is 837 g/mol. The summed E-state index contributed by atoms with van der Waals surface area (Å²) in [4.78, 5) is 79.7. The summed E-state index contributed by atoms with van der Waals surface area (Å²) in [5.41, 5.74) is 10.00. The Bertz CT molecular complexity index is 2410. The minimum atomic E-state index is -5.24. The molecule has 310 valence electrons.